The van der Waals surface area contributed by atoms with Crippen LogP contribution in [-0.4, -0.2) is 64.0 Å². The summed E-state index contributed by atoms with van der Waals surface area (Å²) in [5.41, 5.74) is 2.26. The lowest BCUT2D eigenvalue weighted by Gasteiger charge is -2.13. The SMILES string of the molecule is CN=C(NCCNC(=O)c1ccc(OC)cc1)NCc1ccc(C(=O)N(C)C)cc1. The Balaban J connectivity index is 1.73. The van der Waals surface area contributed by atoms with Gasteiger partial charge in [0.25, 0.3) is 11.8 Å². The molecule has 0 atom stereocenters. The van der Waals surface area contributed by atoms with Crippen molar-refractivity contribution in [2.45, 2.75) is 6.54 Å². The summed E-state index contributed by atoms with van der Waals surface area (Å²) in [4.78, 5) is 29.8. The molecule has 0 spiro atoms. The molecule has 0 aliphatic heterocycles. The Labute approximate surface area is 177 Å². The molecule has 2 rings (SSSR count). The molecule has 160 valence electrons. The number of carbonyl (C=O) groups excluding carboxylic acids is 2. The van der Waals surface area contributed by atoms with Crippen LogP contribution in [0.15, 0.2) is 53.5 Å². The standard InChI is InChI=1S/C22H29N5O3/c1-23-22(26-15-16-5-7-18(8-6-16)21(29)27(2)3)25-14-13-24-20(28)17-9-11-19(30-4)12-10-17/h5-12H,13-15H2,1-4H3,(H,24,28)(H2,23,25,26). The number of hydrogen-bond acceptors (Lipinski definition) is 4. The van der Waals surface area contributed by atoms with Crippen LogP contribution in [0.4, 0.5) is 0 Å². The number of guanidine groups is 1. The van der Waals surface area contributed by atoms with E-state index in [9.17, 15) is 9.59 Å². The maximum Gasteiger partial charge on any atom is 0.253 e. The van der Waals surface area contributed by atoms with Gasteiger partial charge in [-0.1, -0.05) is 12.1 Å². The maximum absolute atomic E-state index is 12.1. The summed E-state index contributed by atoms with van der Waals surface area (Å²) in [7, 11) is 6.73. The van der Waals surface area contributed by atoms with E-state index in [-0.39, 0.29) is 11.8 Å². The molecule has 0 aliphatic carbocycles. The highest BCUT2D eigenvalue weighted by Crippen LogP contribution is 2.11. The molecule has 0 saturated carbocycles. The third-order valence-electron chi connectivity index (χ3n) is 4.35. The van der Waals surface area contributed by atoms with Crippen LogP contribution in [0.2, 0.25) is 0 Å². The highest BCUT2D eigenvalue weighted by Gasteiger charge is 2.08. The molecule has 8 nitrogen and oxygen atoms in total. The quantitative estimate of drug-likeness (QED) is 0.348. The van der Waals surface area contributed by atoms with Gasteiger partial charge >= 0.3 is 0 Å². The number of nitrogens with one attached hydrogen (secondary N) is 3. The van der Waals surface area contributed by atoms with Crippen molar-refractivity contribution >= 4 is 17.8 Å². The number of methoxy groups -OCH3 is 1. The Kier molecular flexibility index (Phi) is 8.68. The van der Waals surface area contributed by atoms with E-state index < -0.39 is 0 Å². The predicted molar refractivity (Wildman–Crippen MR) is 118 cm³/mol. The first-order valence-corrected chi connectivity index (χ1v) is 9.62. The first-order chi connectivity index (χ1) is 14.4. The zero-order chi connectivity index (χ0) is 21.9. The second-order valence-electron chi connectivity index (χ2n) is 6.73. The minimum Gasteiger partial charge on any atom is -0.497 e. The largest absolute Gasteiger partial charge is 0.497 e. The average molecular weight is 412 g/mol. The van der Waals surface area contributed by atoms with Crippen molar-refractivity contribution < 1.29 is 14.3 Å². The van der Waals surface area contributed by atoms with Gasteiger partial charge < -0.3 is 25.6 Å². The second kappa shape index (κ2) is 11.5. The van der Waals surface area contributed by atoms with E-state index in [4.69, 9.17) is 4.74 Å². The van der Waals surface area contributed by atoms with Crippen molar-refractivity contribution in [1.82, 2.24) is 20.9 Å². The molecule has 0 heterocycles. The molecule has 0 bridgehead atoms. The predicted octanol–water partition coefficient (Wildman–Crippen LogP) is 1.49. The van der Waals surface area contributed by atoms with E-state index in [1.807, 2.05) is 24.3 Å². The summed E-state index contributed by atoms with van der Waals surface area (Å²) in [5.74, 6) is 1.17. The molecule has 0 unspecified atom stereocenters. The van der Waals surface area contributed by atoms with Gasteiger partial charge in [-0.3, -0.25) is 14.6 Å². The molecule has 8 heteroatoms. The lowest BCUT2D eigenvalue weighted by atomic mass is 10.1. The Morgan fingerprint density at radius 1 is 0.900 bits per heavy atom. The van der Waals surface area contributed by atoms with Crippen LogP contribution in [0.5, 0.6) is 5.75 Å². The first kappa shape index (κ1) is 22.7. The molecule has 0 saturated heterocycles. The van der Waals surface area contributed by atoms with Crippen molar-refractivity contribution in [1.29, 1.82) is 0 Å². The number of ether oxygens (including phenoxy) is 1. The molecule has 0 radical (unpaired) electrons. The van der Waals surface area contributed by atoms with E-state index >= 15 is 0 Å². The zero-order valence-electron chi connectivity index (χ0n) is 17.9. The van der Waals surface area contributed by atoms with Crippen LogP contribution in [0.3, 0.4) is 0 Å². The average Bonchev–Trinajstić information content (AvgIpc) is 2.78. The second-order valence-corrected chi connectivity index (χ2v) is 6.73. The molecule has 3 N–H and O–H groups in total. The van der Waals surface area contributed by atoms with Crippen LogP contribution >= 0.6 is 0 Å². The summed E-state index contributed by atoms with van der Waals surface area (Å²) in [6.07, 6.45) is 0. The first-order valence-electron chi connectivity index (χ1n) is 9.62. The van der Waals surface area contributed by atoms with Crippen LogP contribution in [0.25, 0.3) is 0 Å². The highest BCUT2D eigenvalue weighted by atomic mass is 16.5. The van der Waals surface area contributed by atoms with Gasteiger partial charge in [0.15, 0.2) is 5.96 Å². The minimum absolute atomic E-state index is 0.0244. The Morgan fingerprint density at radius 2 is 1.50 bits per heavy atom. The molecular formula is C22H29N5O3. The van der Waals surface area contributed by atoms with E-state index in [2.05, 4.69) is 20.9 Å². The lowest BCUT2D eigenvalue weighted by Crippen LogP contribution is -2.41. The van der Waals surface area contributed by atoms with Crippen molar-refractivity contribution in [2.24, 2.45) is 4.99 Å². The molecule has 2 amide bonds. The summed E-state index contributed by atoms with van der Waals surface area (Å²) in [5, 5.41) is 9.21. The summed E-state index contributed by atoms with van der Waals surface area (Å²) >= 11 is 0. The summed E-state index contributed by atoms with van der Waals surface area (Å²) < 4.78 is 5.09. The fourth-order valence-corrected chi connectivity index (χ4v) is 2.63. The summed E-state index contributed by atoms with van der Waals surface area (Å²) in [6, 6.07) is 14.4. The van der Waals surface area contributed by atoms with E-state index in [1.165, 1.54) is 0 Å². The molecule has 2 aromatic carbocycles. The Hall–Kier alpha value is -3.55. The maximum atomic E-state index is 12.1. The number of benzene rings is 2. The third-order valence-corrected chi connectivity index (χ3v) is 4.35. The molecule has 30 heavy (non-hydrogen) atoms. The van der Waals surface area contributed by atoms with Gasteiger partial charge in [0.05, 0.1) is 7.11 Å². The fraction of sp³-hybridized carbons (Fsp3) is 0.318. The van der Waals surface area contributed by atoms with Crippen molar-refractivity contribution in [3.63, 3.8) is 0 Å². The number of amides is 2. The Morgan fingerprint density at radius 3 is 2.07 bits per heavy atom. The van der Waals surface area contributed by atoms with Crippen molar-refractivity contribution in [3.05, 3.63) is 65.2 Å². The topological polar surface area (TPSA) is 95.1 Å². The normalized spacial score (nSPS) is 10.9. The number of rotatable bonds is 8. The smallest absolute Gasteiger partial charge is 0.253 e. The van der Waals surface area contributed by atoms with E-state index in [0.29, 0.717) is 42.5 Å². The van der Waals surface area contributed by atoms with E-state index in [1.54, 1.807) is 57.4 Å². The number of nitrogens with zero attached hydrogens (tertiary/aromatic N) is 2. The number of hydrogen-bond donors (Lipinski definition) is 3. The van der Waals surface area contributed by atoms with Gasteiger partial charge in [-0.25, -0.2) is 0 Å². The molecule has 0 aliphatic rings. The van der Waals surface area contributed by atoms with Crippen molar-refractivity contribution in [2.75, 3.05) is 41.3 Å². The zero-order valence-corrected chi connectivity index (χ0v) is 17.9. The monoisotopic (exact) mass is 411 g/mol. The van der Waals surface area contributed by atoms with Crippen LogP contribution in [0.1, 0.15) is 26.3 Å². The minimum atomic E-state index is -0.144. The summed E-state index contributed by atoms with van der Waals surface area (Å²) in [6.45, 7) is 1.54. The van der Waals surface area contributed by atoms with Gasteiger partial charge in [-0.15, -0.1) is 0 Å². The van der Waals surface area contributed by atoms with E-state index in [0.717, 1.165) is 5.56 Å². The molecule has 2 aromatic rings. The fourth-order valence-electron chi connectivity index (χ4n) is 2.63. The van der Waals surface area contributed by atoms with Crippen molar-refractivity contribution in [3.8, 4) is 5.75 Å². The van der Waals surface area contributed by atoms with Gasteiger partial charge in [0.2, 0.25) is 0 Å². The molecule has 0 aromatic heterocycles. The number of carbonyl (C=O) groups is 2. The molecule has 0 fully saturated rings. The number of aliphatic imine (C=N–C) groups is 1. The molecular weight excluding hydrogens is 382 g/mol. The van der Waals surface area contributed by atoms with Crippen LogP contribution < -0.4 is 20.7 Å². The van der Waals surface area contributed by atoms with Gasteiger partial charge in [-0.05, 0) is 42.0 Å². The Bertz CT molecular complexity index is 861. The lowest BCUT2D eigenvalue weighted by molar-refractivity contribution is 0.0827. The van der Waals surface area contributed by atoms with Crippen LogP contribution in [-0.2, 0) is 6.54 Å². The van der Waals surface area contributed by atoms with Gasteiger partial charge in [0.1, 0.15) is 5.75 Å². The van der Waals surface area contributed by atoms with Crippen LogP contribution in [0, 0.1) is 0 Å². The highest BCUT2D eigenvalue weighted by molar-refractivity contribution is 5.94. The third kappa shape index (κ3) is 6.80. The van der Waals surface area contributed by atoms with Gasteiger partial charge in [0, 0.05) is 51.9 Å². The van der Waals surface area contributed by atoms with Gasteiger partial charge in [-0.2, -0.15) is 0 Å².